The zero-order valence-corrected chi connectivity index (χ0v) is 15.6. The van der Waals surface area contributed by atoms with E-state index in [-0.39, 0.29) is 32.0 Å². The number of rotatable bonds is 9. The maximum Gasteiger partial charge on any atom is 0.464 e. The SMILES string of the molecule is CCOP1(=O)N=C(C)N(C/C=C/C[C@H](N)C(=O)O)P(=O)(OCC)O1. The number of aliphatic carboxylic acids is 1. The van der Waals surface area contributed by atoms with Gasteiger partial charge in [0.05, 0.1) is 13.2 Å². The fourth-order valence-corrected chi connectivity index (χ4v) is 5.82. The van der Waals surface area contributed by atoms with Gasteiger partial charge in [0.1, 0.15) is 11.9 Å². The van der Waals surface area contributed by atoms with Crippen LogP contribution in [-0.4, -0.2) is 47.4 Å². The fourth-order valence-electron chi connectivity index (χ4n) is 1.82. The molecule has 0 saturated heterocycles. The van der Waals surface area contributed by atoms with Crippen molar-refractivity contribution in [1.82, 2.24) is 4.67 Å². The Balaban J connectivity index is 2.93. The molecule has 1 aliphatic rings. The van der Waals surface area contributed by atoms with Gasteiger partial charge in [-0.15, -0.1) is 0 Å². The highest BCUT2D eigenvalue weighted by Gasteiger charge is 2.47. The van der Waals surface area contributed by atoms with E-state index < -0.39 is 27.5 Å². The van der Waals surface area contributed by atoms with Crippen LogP contribution in [0.15, 0.2) is 16.9 Å². The molecule has 24 heavy (non-hydrogen) atoms. The van der Waals surface area contributed by atoms with Crippen LogP contribution in [0.5, 0.6) is 0 Å². The monoisotopic (exact) mass is 383 g/mol. The predicted molar refractivity (Wildman–Crippen MR) is 88.7 cm³/mol. The van der Waals surface area contributed by atoms with Crippen LogP contribution in [0, 0.1) is 0 Å². The van der Waals surface area contributed by atoms with E-state index in [2.05, 4.69) is 4.76 Å². The molecule has 2 unspecified atom stereocenters. The Morgan fingerprint density at radius 3 is 2.54 bits per heavy atom. The minimum atomic E-state index is -3.90. The number of nitrogens with two attached hydrogens (primary N) is 1. The van der Waals surface area contributed by atoms with Crippen molar-refractivity contribution in [2.45, 2.75) is 33.2 Å². The topological polar surface area (TPSA) is 141 Å². The Morgan fingerprint density at radius 1 is 1.38 bits per heavy atom. The highest BCUT2D eigenvalue weighted by Crippen LogP contribution is 2.70. The normalized spacial score (nSPS) is 28.8. The number of hydrogen-bond acceptors (Lipinski definition) is 7. The zero-order chi connectivity index (χ0) is 18.4. The van der Waals surface area contributed by atoms with E-state index in [4.69, 9.17) is 24.2 Å². The van der Waals surface area contributed by atoms with E-state index in [1.807, 2.05) is 0 Å². The van der Waals surface area contributed by atoms with Crippen molar-refractivity contribution in [2.75, 3.05) is 19.8 Å². The van der Waals surface area contributed by atoms with Crippen LogP contribution in [0.3, 0.4) is 0 Å². The molecule has 10 nitrogen and oxygen atoms in total. The summed E-state index contributed by atoms with van der Waals surface area (Å²) in [6.07, 6.45) is 3.21. The van der Waals surface area contributed by atoms with Crippen molar-refractivity contribution in [3.05, 3.63) is 12.2 Å². The average molecular weight is 383 g/mol. The number of carboxylic acid groups (broad SMARTS) is 1. The van der Waals surface area contributed by atoms with E-state index in [9.17, 15) is 13.9 Å². The lowest BCUT2D eigenvalue weighted by molar-refractivity contribution is -0.138. The smallest absolute Gasteiger partial charge is 0.464 e. The molecule has 0 aromatic heterocycles. The van der Waals surface area contributed by atoms with E-state index in [0.29, 0.717) is 0 Å². The zero-order valence-electron chi connectivity index (χ0n) is 13.8. The summed E-state index contributed by atoms with van der Waals surface area (Å²) in [6, 6.07) is -1.02. The van der Waals surface area contributed by atoms with Crippen molar-refractivity contribution in [3.63, 3.8) is 0 Å². The predicted octanol–water partition coefficient (Wildman–Crippen LogP) is 2.38. The van der Waals surface area contributed by atoms with Crippen LogP contribution in [0.4, 0.5) is 0 Å². The Morgan fingerprint density at radius 2 is 2.00 bits per heavy atom. The van der Waals surface area contributed by atoms with Gasteiger partial charge >= 0.3 is 21.5 Å². The van der Waals surface area contributed by atoms with Crippen LogP contribution in [0.1, 0.15) is 27.2 Å². The van der Waals surface area contributed by atoms with Gasteiger partial charge in [0.15, 0.2) is 0 Å². The first-order valence-electron chi connectivity index (χ1n) is 7.36. The van der Waals surface area contributed by atoms with Gasteiger partial charge in [-0.1, -0.05) is 12.2 Å². The Bertz CT molecular complexity index is 607. The van der Waals surface area contributed by atoms with Crippen molar-refractivity contribution >= 4 is 27.3 Å². The third-order valence-electron chi connectivity index (χ3n) is 2.88. The maximum atomic E-state index is 12.9. The van der Waals surface area contributed by atoms with Gasteiger partial charge in [0, 0.05) is 6.54 Å². The molecule has 0 radical (unpaired) electrons. The van der Waals surface area contributed by atoms with E-state index in [1.54, 1.807) is 26.0 Å². The molecule has 0 aromatic carbocycles. The maximum absolute atomic E-state index is 12.9. The molecule has 1 aliphatic heterocycles. The Kier molecular flexibility index (Phi) is 7.79. The van der Waals surface area contributed by atoms with E-state index in [1.165, 1.54) is 11.6 Å². The summed E-state index contributed by atoms with van der Waals surface area (Å²) in [5, 5.41) is 8.72. The summed E-state index contributed by atoms with van der Waals surface area (Å²) in [5.41, 5.74) is 5.39. The lowest BCUT2D eigenvalue weighted by Crippen LogP contribution is -2.31. The fraction of sp³-hybridized carbons (Fsp3) is 0.667. The summed E-state index contributed by atoms with van der Waals surface area (Å²) in [5.74, 6) is -0.932. The third-order valence-corrected chi connectivity index (χ3v) is 7.28. The van der Waals surface area contributed by atoms with Crippen LogP contribution >= 0.6 is 15.5 Å². The molecule has 12 heteroatoms. The standard InChI is InChI=1S/C12H23N3O7P2/c1-4-20-23(18)14-10(3)15(24(19,22-23)21-5-2)9-7-6-8-11(13)12(16)17/h6-7,11H,4-5,8-9,13H2,1-3H3,(H,16,17)/b7-6+/t11-,23?,24?/m0/s1. The second-order valence-corrected chi connectivity index (χ2v) is 8.46. The molecular formula is C12H23N3O7P2. The molecule has 3 N–H and O–H groups in total. The second-order valence-electron chi connectivity index (χ2n) is 4.74. The Labute approximate surface area is 140 Å². The molecule has 0 aromatic rings. The molecule has 0 bridgehead atoms. The molecule has 0 amide bonds. The highest BCUT2D eigenvalue weighted by atomic mass is 31.3. The summed E-state index contributed by atoms with van der Waals surface area (Å²) >= 11 is 0. The lowest BCUT2D eigenvalue weighted by Gasteiger charge is -2.35. The van der Waals surface area contributed by atoms with Gasteiger partial charge in [-0.05, 0) is 27.2 Å². The summed E-state index contributed by atoms with van der Waals surface area (Å²) < 4.78 is 45.6. The number of carboxylic acids is 1. The van der Waals surface area contributed by atoms with Crippen molar-refractivity contribution in [2.24, 2.45) is 10.5 Å². The van der Waals surface area contributed by atoms with Crippen LogP contribution in [0.25, 0.3) is 0 Å². The minimum Gasteiger partial charge on any atom is -0.480 e. The second kappa shape index (κ2) is 8.89. The minimum absolute atomic E-state index is 0.0606. The lowest BCUT2D eigenvalue weighted by atomic mass is 10.2. The first-order chi connectivity index (χ1) is 11.2. The van der Waals surface area contributed by atoms with E-state index in [0.717, 1.165) is 0 Å². The quantitative estimate of drug-likeness (QED) is 0.453. The van der Waals surface area contributed by atoms with Crippen molar-refractivity contribution in [1.29, 1.82) is 0 Å². The molecule has 0 spiro atoms. The Hall–Kier alpha value is -1.02. The van der Waals surface area contributed by atoms with Gasteiger partial charge in [-0.3, -0.25) is 18.5 Å². The number of amidine groups is 1. The van der Waals surface area contributed by atoms with Gasteiger partial charge in [0.25, 0.3) is 0 Å². The molecule has 1 rings (SSSR count). The summed E-state index contributed by atoms with van der Waals surface area (Å²) in [4.78, 5) is 10.7. The third kappa shape index (κ3) is 5.51. The first-order valence-corrected chi connectivity index (χ1v) is 10.3. The van der Waals surface area contributed by atoms with Gasteiger partial charge in [0.2, 0.25) is 0 Å². The molecular weight excluding hydrogens is 360 g/mol. The average Bonchev–Trinajstić information content (AvgIpc) is 2.45. The van der Waals surface area contributed by atoms with Crippen molar-refractivity contribution in [3.8, 4) is 0 Å². The molecule has 0 aliphatic carbocycles. The van der Waals surface area contributed by atoms with Crippen LogP contribution in [0.2, 0.25) is 0 Å². The molecule has 138 valence electrons. The van der Waals surface area contributed by atoms with Crippen molar-refractivity contribution < 1.29 is 32.4 Å². The highest BCUT2D eigenvalue weighted by molar-refractivity contribution is 7.66. The summed E-state index contributed by atoms with van der Waals surface area (Å²) in [6.45, 7) is 4.95. The van der Waals surface area contributed by atoms with Crippen LogP contribution < -0.4 is 5.73 Å². The number of nitrogens with zero attached hydrogens (tertiary/aromatic N) is 2. The molecule has 1 heterocycles. The van der Waals surface area contributed by atoms with Crippen LogP contribution in [-0.2, 0) is 27.3 Å². The van der Waals surface area contributed by atoms with Gasteiger partial charge in [-0.2, -0.15) is 9.07 Å². The molecule has 0 saturated carbocycles. The first kappa shape index (κ1) is 21.0. The molecule has 0 fully saturated rings. The number of carbonyl (C=O) groups is 1. The molecule has 3 atom stereocenters. The van der Waals surface area contributed by atoms with Gasteiger partial charge in [-0.25, -0.2) is 9.13 Å². The van der Waals surface area contributed by atoms with E-state index >= 15 is 0 Å². The number of hydrogen-bond donors (Lipinski definition) is 2. The summed E-state index contributed by atoms with van der Waals surface area (Å²) in [7, 11) is -7.79. The van der Waals surface area contributed by atoms with Gasteiger partial charge < -0.3 is 10.8 Å². The largest absolute Gasteiger partial charge is 0.480 e.